The number of sulfonamides is 2. The summed E-state index contributed by atoms with van der Waals surface area (Å²) >= 11 is 0. The van der Waals surface area contributed by atoms with Crippen molar-refractivity contribution in [2.45, 2.75) is 21.9 Å². The van der Waals surface area contributed by atoms with Crippen LogP contribution in [-0.4, -0.2) is 16.8 Å². The van der Waals surface area contributed by atoms with Crippen LogP contribution in [0.3, 0.4) is 0 Å². The molecule has 4 rings (SSSR count). The highest BCUT2D eigenvalue weighted by molar-refractivity contribution is 7.90. The van der Waals surface area contributed by atoms with Gasteiger partial charge >= 0.3 is 0 Å². The highest BCUT2D eigenvalue weighted by Gasteiger charge is 2.40. The standard InChI is InChI=1S/C26H14F10N2O4S2/c27-13-15(29)19(33)25(20(34)16(13)30)43(39,40)37-23(11-7-3-1-4-8-11)24(12-9-5-2-6-10-12)38-44(41,42)26-21(35)17(31)14(28)18(32)22(26)36/h1-10,23-24,37-38H/t23-,24-/m0/s1. The molecule has 18 heteroatoms. The summed E-state index contributed by atoms with van der Waals surface area (Å²) in [4.78, 5) is -4.71. The Morgan fingerprint density at radius 1 is 0.386 bits per heavy atom. The first kappa shape index (κ1) is 32.9. The number of halogens is 10. The SMILES string of the molecule is O=S(=O)(N[C@@H](c1ccccc1)[C@@H](NS(=O)(=O)c1c(F)c(F)c(F)c(F)c1F)c1ccccc1)c1c(F)c(F)c(F)c(F)c1F. The monoisotopic (exact) mass is 672 g/mol. The molecule has 6 nitrogen and oxygen atoms in total. The maximum absolute atomic E-state index is 14.5. The number of rotatable bonds is 9. The Morgan fingerprint density at radius 3 is 0.864 bits per heavy atom. The Hall–Kier alpha value is -4.00. The van der Waals surface area contributed by atoms with Crippen LogP contribution >= 0.6 is 0 Å². The number of hydrogen-bond donors (Lipinski definition) is 2. The van der Waals surface area contributed by atoms with Crippen LogP contribution in [0.25, 0.3) is 0 Å². The molecule has 0 unspecified atom stereocenters. The van der Waals surface area contributed by atoms with Crippen LogP contribution in [-0.2, 0) is 20.0 Å². The molecule has 0 radical (unpaired) electrons. The zero-order chi connectivity index (χ0) is 32.7. The van der Waals surface area contributed by atoms with E-state index < -0.39 is 100 Å². The van der Waals surface area contributed by atoms with Crippen LogP contribution < -0.4 is 9.44 Å². The largest absolute Gasteiger partial charge is 0.247 e. The lowest BCUT2D eigenvalue weighted by Crippen LogP contribution is -2.41. The number of nitrogens with one attached hydrogen (secondary N) is 2. The lowest BCUT2D eigenvalue weighted by molar-refractivity contribution is 0.354. The molecule has 0 heterocycles. The van der Waals surface area contributed by atoms with Crippen molar-refractivity contribution >= 4 is 20.0 Å². The predicted octanol–water partition coefficient (Wildman–Crippen LogP) is 5.82. The van der Waals surface area contributed by atoms with E-state index in [1.54, 1.807) is 9.44 Å². The highest BCUT2D eigenvalue weighted by atomic mass is 32.2. The lowest BCUT2D eigenvalue weighted by Gasteiger charge is -2.30. The molecule has 0 aliphatic carbocycles. The first-order valence-corrected chi connectivity index (χ1v) is 14.6. The average molecular weight is 673 g/mol. The van der Waals surface area contributed by atoms with Crippen molar-refractivity contribution in [2.75, 3.05) is 0 Å². The summed E-state index contributed by atoms with van der Waals surface area (Å²) in [6.45, 7) is 0. The van der Waals surface area contributed by atoms with Gasteiger partial charge in [-0.1, -0.05) is 60.7 Å². The van der Waals surface area contributed by atoms with Crippen LogP contribution in [0.5, 0.6) is 0 Å². The highest BCUT2D eigenvalue weighted by Crippen LogP contribution is 2.35. The van der Waals surface area contributed by atoms with Crippen LogP contribution in [0.1, 0.15) is 23.2 Å². The maximum Gasteiger partial charge on any atom is 0.247 e. The van der Waals surface area contributed by atoms with E-state index >= 15 is 0 Å². The predicted molar refractivity (Wildman–Crippen MR) is 131 cm³/mol. The molecule has 0 saturated carbocycles. The van der Waals surface area contributed by atoms with E-state index in [9.17, 15) is 60.7 Å². The van der Waals surface area contributed by atoms with Crippen molar-refractivity contribution in [3.63, 3.8) is 0 Å². The second kappa shape index (κ2) is 12.2. The Balaban J connectivity index is 1.95. The van der Waals surface area contributed by atoms with E-state index in [4.69, 9.17) is 0 Å². The molecular weight excluding hydrogens is 658 g/mol. The third-order valence-electron chi connectivity index (χ3n) is 6.09. The zero-order valence-electron chi connectivity index (χ0n) is 21.2. The summed E-state index contributed by atoms with van der Waals surface area (Å²) in [5, 5.41) is 0. The fraction of sp³-hybridized carbons (Fsp3) is 0.0769. The molecule has 4 aromatic rings. The summed E-state index contributed by atoms with van der Waals surface area (Å²) in [7, 11) is -11.7. The average Bonchev–Trinajstić information content (AvgIpc) is 2.99. The minimum Gasteiger partial charge on any atom is -0.207 e. The van der Waals surface area contributed by atoms with Crippen LogP contribution in [0, 0.1) is 58.2 Å². The van der Waals surface area contributed by atoms with Crippen molar-refractivity contribution in [1.29, 1.82) is 0 Å². The van der Waals surface area contributed by atoms with Crippen LogP contribution in [0.15, 0.2) is 70.5 Å². The molecule has 2 atom stereocenters. The molecule has 234 valence electrons. The Kier molecular flexibility index (Phi) is 9.11. The summed E-state index contributed by atoms with van der Waals surface area (Å²) < 4.78 is 197. The molecule has 0 saturated heterocycles. The lowest BCUT2D eigenvalue weighted by atomic mass is 9.95. The van der Waals surface area contributed by atoms with Crippen LogP contribution in [0.2, 0.25) is 0 Å². The Bertz CT molecular complexity index is 1760. The third kappa shape index (κ3) is 5.89. The van der Waals surface area contributed by atoms with Crippen molar-refractivity contribution in [3.05, 3.63) is 130 Å². The van der Waals surface area contributed by atoms with Gasteiger partial charge in [0, 0.05) is 0 Å². The Morgan fingerprint density at radius 2 is 0.614 bits per heavy atom. The molecule has 0 aliphatic rings. The maximum atomic E-state index is 14.5. The van der Waals surface area contributed by atoms with Gasteiger partial charge in [-0.2, -0.15) is 0 Å². The second-order valence-electron chi connectivity index (χ2n) is 8.82. The van der Waals surface area contributed by atoms with Gasteiger partial charge in [0.2, 0.25) is 31.7 Å². The van der Waals surface area contributed by atoms with E-state index in [1.807, 2.05) is 0 Å². The molecular formula is C26H14F10N2O4S2. The molecule has 2 N–H and O–H groups in total. The minimum absolute atomic E-state index is 0.270. The molecule has 0 aromatic heterocycles. The van der Waals surface area contributed by atoms with Crippen molar-refractivity contribution in [1.82, 2.24) is 9.44 Å². The van der Waals surface area contributed by atoms with Gasteiger partial charge in [0.25, 0.3) is 0 Å². The smallest absolute Gasteiger partial charge is 0.207 e. The van der Waals surface area contributed by atoms with Crippen LogP contribution in [0.4, 0.5) is 43.9 Å². The van der Waals surface area contributed by atoms with Crippen molar-refractivity contribution < 1.29 is 60.7 Å². The van der Waals surface area contributed by atoms with E-state index in [1.165, 1.54) is 36.4 Å². The number of hydrogen-bond acceptors (Lipinski definition) is 4. The number of benzene rings is 4. The third-order valence-corrected chi connectivity index (χ3v) is 9.01. The fourth-order valence-corrected chi connectivity index (χ4v) is 6.82. The first-order valence-electron chi connectivity index (χ1n) is 11.7. The molecule has 0 bridgehead atoms. The normalized spacial score (nSPS) is 13.6. The van der Waals surface area contributed by atoms with Gasteiger partial charge in [-0.15, -0.1) is 0 Å². The summed E-state index contributed by atoms with van der Waals surface area (Å²) in [6, 6.07) is 7.86. The summed E-state index contributed by atoms with van der Waals surface area (Å²) in [5.74, 6) is -27.0. The zero-order valence-corrected chi connectivity index (χ0v) is 22.8. The van der Waals surface area contributed by atoms with E-state index in [2.05, 4.69) is 0 Å². The quantitative estimate of drug-likeness (QED) is 0.133. The molecule has 0 aliphatic heterocycles. The van der Waals surface area contributed by atoms with E-state index in [0.29, 0.717) is 0 Å². The van der Waals surface area contributed by atoms with Gasteiger partial charge in [-0.05, 0) is 11.1 Å². The van der Waals surface area contributed by atoms with Gasteiger partial charge in [0.15, 0.2) is 56.3 Å². The molecule has 0 amide bonds. The Labute approximate surface area is 242 Å². The molecule has 44 heavy (non-hydrogen) atoms. The van der Waals surface area contributed by atoms with Gasteiger partial charge in [-0.25, -0.2) is 70.2 Å². The van der Waals surface area contributed by atoms with Gasteiger partial charge < -0.3 is 0 Å². The molecule has 4 aromatic carbocycles. The van der Waals surface area contributed by atoms with Gasteiger partial charge in [-0.3, -0.25) is 0 Å². The van der Waals surface area contributed by atoms with Gasteiger partial charge in [0.1, 0.15) is 0 Å². The summed E-state index contributed by atoms with van der Waals surface area (Å²) in [5.41, 5.74) is -0.539. The summed E-state index contributed by atoms with van der Waals surface area (Å²) in [6.07, 6.45) is 0. The molecule has 0 fully saturated rings. The topological polar surface area (TPSA) is 92.3 Å². The fourth-order valence-electron chi connectivity index (χ4n) is 4.07. The van der Waals surface area contributed by atoms with E-state index in [-0.39, 0.29) is 11.1 Å². The minimum atomic E-state index is -5.84. The van der Waals surface area contributed by atoms with Gasteiger partial charge in [0.05, 0.1) is 12.1 Å². The van der Waals surface area contributed by atoms with Crippen molar-refractivity contribution in [3.8, 4) is 0 Å². The van der Waals surface area contributed by atoms with E-state index in [0.717, 1.165) is 24.3 Å². The first-order chi connectivity index (χ1) is 20.5. The second-order valence-corrected chi connectivity index (χ2v) is 12.1. The van der Waals surface area contributed by atoms with Crippen molar-refractivity contribution in [2.24, 2.45) is 0 Å². The molecule has 0 spiro atoms.